The Morgan fingerprint density at radius 3 is 2.63 bits per heavy atom. The average molecular weight is 538 g/mol. The van der Waals surface area contributed by atoms with Crippen LogP contribution in [0.5, 0.6) is 0 Å². The van der Waals surface area contributed by atoms with Gasteiger partial charge in [-0.1, -0.05) is 35.9 Å². The molecule has 0 radical (unpaired) electrons. The number of aromatic nitrogens is 3. The predicted molar refractivity (Wildman–Crippen MR) is 133 cm³/mol. The topological polar surface area (TPSA) is 72.4 Å². The van der Waals surface area contributed by atoms with Gasteiger partial charge in [0.25, 0.3) is 0 Å². The number of nitrogens with zero attached hydrogens (tertiary/aromatic N) is 5. The summed E-state index contributed by atoms with van der Waals surface area (Å²) in [5.41, 5.74) is 3.36. The van der Waals surface area contributed by atoms with Crippen LogP contribution in [0.2, 0.25) is 5.02 Å². The second-order valence-corrected chi connectivity index (χ2v) is 7.33. The molecule has 0 spiro atoms. The number of guanidine groups is 1. The Morgan fingerprint density at radius 1 is 1.13 bits per heavy atom. The molecule has 30 heavy (non-hydrogen) atoms. The molecule has 0 amide bonds. The second kappa shape index (κ2) is 10.6. The highest BCUT2D eigenvalue weighted by Gasteiger charge is 2.20. The van der Waals surface area contributed by atoms with Crippen molar-refractivity contribution in [1.29, 1.82) is 0 Å². The molecule has 2 N–H and O–H groups in total. The van der Waals surface area contributed by atoms with Crippen molar-refractivity contribution < 1.29 is 0 Å². The summed E-state index contributed by atoms with van der Waals surface area (Å²) in [5, 5.41) is 11.1. The lowest BCUT2D eigenvalue weighted by Gasteiger charge is -2.37. The van der Waals surface area contributed by atoms with E-state index in [1.807, 2.05) is 37.4 Å². The van der Waals surface area contributed by atoms with Crippen LogP contribution in [-0.2, 0) is 6.54 Å². The van der Waals surface area contributed by atoms with E-state index in [9.17, 15) is 0 Å². The van der Waals surface area contributed by atoms with Gasteiger partial charge in [-0.25, -0.2) is 4.98 Å². The lowest BCUT2D eigenvalue weighted by molar-refractivity contribution is 0.372. The van der Waals surface area contributed by atoms with Crippen molar-refractivity contribution in [1.82, 2.24) is 25.4 Å². The van der Waals surface area contributed by atoms with Crippen LogP contribution in [0.3, 0.4) is 0 Å². The van der Waals surface area contributed by atoms with Gasteiger partial charge < -0.3 is 15.1 Å². The second-order valence-electron chi connectivity index (χ2n) is 6.89. The molecule has 3 aromatic rings. The van der Waals surface area contributed by atoms with Gasteiger partial charge in [0.05, 0.1) is 0 Å². The Balaban J connectivity index is 0.00000256. The number of hydrogen-bond acceptors (Lipinski definition) is 4. The van der Waals surface area contributed by atoms with E-state index in [1.54, 1.807) is 0 Å². The molecule has 158 valence electrons. The third-order valence-electron chi connectivity index (χ3n) is 5.03. The number of anilines is 1. The highest BCUT2D eigenvalue weighted by Crippen LogP contribution is 2.21. The summed E-state index contributed by atoms with van der Waals surface area (Å²) in [6, 6.07) is 16.3. The van der Waals surface area contributed by atoms with Crippen LogP contribution in [-0.4, -0.2) is 59.3 Å². The highest BCUT2D eigenvalue weighted by molar-refractivity contribution is 14.0. The molecular weight excluding hydrogens is 513 g/mol. The lowest BCUT2D eigenvalue weighted by Crippen LogP contribution is -2.52. The van der Waals surface area contributed by atoms with E-state index in [2.05, 4.69) is 53.5 Å². The van der Waals surface area contributed by atoms with E-state index in [4.69, 9.17) is 11.6 Å². The van der Waals surface area contributed by atoms with Gasteiger partial charge in [0.15, 0.2) is 11.8 Å². The van der Waals surface area contributed by atoms with Gasteiger partial charge in [-0.05, 0) is 29.8 Å². The summed E-state index contributed by atoms with van der Waals surface area (Å²) in [7, 11) is 1.83. The third-order valence-corrected chi connectivity index (χ3v) is 5.27. The van der Waals surface area contributed by atoms with Gasteiger partial charge in [0.2, 0.25) is 0 Å². The van der Waals surface area contributed by atoms with Crippen LogP contribution >= 0.6 is 35.6 Å². The van der Waals surface area contributed by atoms with E-state index in [0.29, 0.717) is 6.54 Å². The number of H-pyrrole nitrogens is 1. The fraction of sp³-hybridized carbons (Fsp3) is 0.286. The number of nitrogens with one attached hydrogen (secondary N) is 2. The minimum atomic E-state index is 0. The Bertz CT molecular complexity index is 969. The highest BCUT2D eigenvalue weighted by atomic mass is 127. The third kappa shape index (κ3) is 5.42. The molecule has 1 saturated heterocycles. The SMILES string of the molecule is CN=C(NCc1cccc(-c2ncn[nH]2)c1)N1CCN(c2cccc(Cl)c2)CC1.I. The van der Waals surface area contributed by atoms with Crippen molar-refractivity contribution in [2.24, 2.45) is 4.99 Å². The molecule has 4 rings (SSSR count). The molecule has 2 heterocycles. The normalized spacial score (nSPS) is 14.4. The van der Waals surface area contributed by atoms with Crippen molar-refractivity contribution in [3.8, 4) is 11.4 Å². The number of hydrogen-bond donors (Lipinski definition) is 2. The fourth-order valence-electron chi connectivity index (χ4n) is 3.54. The molecule has 2 aromatic carbocycles. The van der Waals surface area contributed by atoms with Crippen LogP contribution < -0.4 is 10.2 Å². The molecule has 7 nitrogen and oxygen atoms in total. The van der Waals surface area contributed by atoms with E-state index in [0.717, 1.165) is 54.1 Å². The molecule has 1 fully saturated rings. The summed E-state index contributed by atoms with van der Waals surface area (Å²) in [6.45, 7) is 4.38. The number of aromatic amines is 1. The molecule has 1 aliphatic rings. The molecule has 0 aliphatic carbocycles. The van der Waals surface area contributed by atoms with Crippen LogP contribution in [0.4, 0.5) is 5.69 Å². The van der Waals surface area contributed by atoms with E-state index in [1.165, 1.54) is 12.0 Å². The molecule has 0 bridgehead atoms. The standard InChI is InChI=1S/C21H24ClN7.HI/c1-23-21(24-14-16-4-2-5-17(12-16)20-25-15-26-27-20)29-10-8-28(9-11-29)19-7-3-6-18(22)13-19;/h2-7,12-13,15H,8-11,14H2,1H3,(H,23,24)(H,25,26,27);1H. The number of piperazine rings is 1. The van der Waals surface area contributed by atoms with Crippen molar-refractivity contribution in [2.75, 3.05) is 38.1 Å². The molecule has 9 heteroatoms. The van der Waals surface area contributed by atoms with E-state index in [-0.39, 0.29) is 24.0 Å². The zero-order chi connectivity index (χ0) is 20.1. The Kier molecular flexibility index (Phi) is 7.92. The van der Waals surface area contributed by atoms with Crippen molar-refractivity contribution in [2.45, 2.75) is 6.54 Å². The Morgan fingerprint density at radius 2 is 1.93 bits per heavy atom. The monoisotopic (exact) mass is 537 g/mol. The quantitative estimate of drug-likeness (QED) is 0.302. The average Bonchev–Trinajstić information content (AvgIpc) is 3.30. The minimum absolute atomic E-state index is 0. The number of aliphatic imine (C=N–C) groups is 1. The maximum Gasteiger partial charge on any atom is 0.194 e. The maximum atomic E-state index is 6.13. The zero-order valence-corrected chi connectivity index (χ0v) is 19.8. The minimum Gasteiger partial charge on any atom is -0.368 e. The van der Waals surface area contributed by atoms with Crippen LogP contribution in [0.15, 0.2) is 59.9 Å². The van der Waals surface area contributed by atoms with Gasteiger partial charge in [-0.3, -0.25) is 10.1 Å². The van der Waals surface area contributed by atoms with Crippen molar-refractivity contribution in [3.63, 3.8) is 0 Å². The molecule has 1 aliphatic heterocycles. The Hall–Kier alpha value is -2.33. The molecular formula is C21H25ClIN7. The molecule has 1 aromatic heterocycles. The first-order chi connectivity index (χ1) is 14.2. The number of benzene rings is 2. The first-order valence-corrected chi connectivity index (χ1v) is 10.0. The van der Waals surface area contributed by atoms with Gasteiger partial charge >= 0.3 is 0 Å². The van der Waals surface area contributed by atoms with Gasteiger partial charge in [-0.2, -0.15) is 5.10 Å². The summed E-state index contributed by atoms with van der Waals surface area (Å²) in [4.78, 5) is 13.3. The summed E-state index contributed by atoms with van der Waals surface area (Å²) in [5.74, 6) is 1.69. The number of rotatable bonds is 4. The predicted octanol–water partition coefficient (Wildman–Crippen LogP) is 3.64. The summed E-state index contributed by atoms with van der Waals surface area (Å²) >= 11 is 6.13. The van der Waals surface area contributed by atoms with Crippen molar-refractivity contribution >= 4 is 47.2 Å². The smallest absolute Gasteiger partial charge is 0.194 e. The van der Waals surface area contributed by atoms with Crippen LogP contribution in [0.1, 0.15) is 5.56 Å². The Labute approximate surface area is 198 Å². The van der Waals surface area contributed by atoms with Gasteiger partial charge in [-0.15, -0.1) is 24.0 Å². The van der Waals surface area contributed by atoms with Crippen LogP contribution in [0.25, 0.3) is 11.4 Å². The van der Waals surface area contributed by atoms with Gasteiger partial charge in [0, 0.05) is 56.0 Å². The maximum absolute atomic E-state index is 6.13. The summed E-state index contributed by atoms with van der Waals surface area (Å²) in [6.07, 6.45) is 1.52. The zero-order valence-electron chi connectivity index (χ0n) is 16.8. The fourth-order valence-corrected chi connectivity index (χ4v) is 3.72. The molecule has 0 unspecified atom stereocenters. The number of halogens is 2. The van der Waals surface area contributed by atoms with Crippen molar-refractivity contribution in [3.05, 3.63) is 65.4 Å². The first kappa shape index (κ1) is 22.4. The molecule has 0 atom stereocenters. The lowest BCUT2D eigenvalue weighted by atomic mass is 10.1. The first-order valence-electron chi connectivity index (χ1n) is 9.64. The van der Waals surface area contributed by atoms with Crippen LogP contribution in [0, 0.1) is 0 Å². The largest absolute Gasteiger partial charge is 0.368 e. The summed E-state index contributed by atoms with van der Waals surface area (Å²) < 4.78 is 0. The van der Waals surface area contributed by atoms with Gasteiger partial charge in [0.1, 0.15) is 6.33 Å². The van der Waals surface area contributed by atoms with E-state index >= 15 is 0 Å². The van der Waals surface area contributed by atoms with E-state index < -0.39 is 0 Å². The molecule has 0 saturated carbocycles.